The second kappa shape index (κ2) is 14.1. The lowest BCUT2D eigenvalue weighted by Crippen LogP contribution is -2.22. The number of aliphatic hydroxyl groups excluding tert-OH is 1. The summed E-state index contributed by atoms with van der Waals surface area (Å²) in [4.78, 5) is 16.0. The van der Waals surface area contributed by atoms with E-state index in [1.807, 2.05) is 0 Å². The fraction of sp³-hybridized carbons (Fsp3) is 1.00. The highest BCUT2D eigenvalue weighted by Crippen LogP contribution is 2.35. The second-order valence-electron chi connectivity index (χ2n) is 6.39. The average Bonchev–Trinajstić information content (AvgIpc) is 2.54. The van der Waals surface area contributed by atoms with Crippen LogP contribution in [0, 0.1) is 0 Å². The minimum Gasteiger partial charge on any atom is -0.388 e. The summed E-state index contributed by atoms with van der Waals surface area (Å²) in [6.45, 7) is -1.78. The lowest BCUT2D eigenvalue weighted by atomic mass is 9.97. The first kappa shape index (κ1) is 23.9. The van der Waals surface area contributed by atoms with Gasteiger partial charge in [-0.25, -0.2) is 8.96 Å². The van der Waals surface area contributed by atoms with Crippen molar-refractivity contribution in [3.8, 4) is 0 Å². The maximum absolute atomic E-state index is 11.4. The van der Waals surface area contributed by atoms with Gasteiger partial charge in [0.25, 0.3) is 0 Å². The molecule has 0 heterocycles. The molecule has 0 aliphatic heterocycles. The Morgan fingerprint density at radius 1 is 0.958 bits per heavy atom. The topological polar surface area (TPSA) is 139 Å². The van der Waals surface area contributed by atoms with Crippen LogP contribution in [0.5, 0.6) is 0 Å². The van der Waals surface area contributed by atoms with Gasteiger partial charge in [-0.3, -0.25) is 4.52 Å². The molecular weight excluding hydrogens is 338 g/mol. The van der Waals surface area contributed by atoms with Crippen LogP contribution in [-0.2, 0) is 9.09 Å². The summed E-state index contributed by atoms with van der Waals surface area (Å²) in [6.07, 6.45) is 11.9. The van der Waals surface area contributed by atoms with Crippen LogP contribution >= 0.6 is 7.82 Å². The number of hydrogen-bond acceptors (Lipinski definition) is 5. The van der Waals surface area contributed by atoms with E-state index in [0.717, 1.165) is 0 Å². The smallest absolute Gasteiger partial charge is 0.388 e. The molecule has 2 aliphatic rings. The van der Waals surface area contributed by atoms with Crippen LogP contribution < -0.4 is 11.5 Å². The lowest BCUT2D eigenvalue weighted by Gasteiger charge is -2.15. The Morgan fingerprint density at radius 2 is 1.33 bits per heavy atom. The summed E-state index contributed by atoms with van der Waals surface area (Å²) in [6, 6.07) is 1.07. The Kier molecular flexibility index (Phi) is 14.1. The van der Waals surface area contributed by atoms with Gasteiger partial charge in [0.15, 0.2) is 0 Å². The molecule has 7 N–H and O–H groups in total. The lowest BCUT2D eigenvalue weighted by molar-refractivity contribution is 0.0671. The van der Waals surface area contributed by atoms with Gasteiger partial charge in [-0.15, -0.1) is 0 Å². The van der Waals surface area contributed by atoms with Crippen LogP contribution in [0.2, 0.25) is 0 Å². The molecule has 0 saturated heterocycles. The van der Waals surface area contributed by atoms with E-state index in [1.165, 1.54) is 64.2 Å². The van der Waals surface area contributed by atoms with Crippen molar-refractivity contribution in [2.45, 2.75) is 82.4 Å². The minimum atomic E-state index is -4.56. The van der Waals surface area contributed by atoms with E-state index in [2.05, 4.69) is 4.52 Å². The molecule has 2 aliphatic carbocycles. The van der Waals surface area contributed by atoms with Gasteiger partial charge in [0.05, 0.1) is 6.61 Å². The molecule has 0 radical (unpaired) electrons. The SMILES string of the molecule is NC1CCCCC1.NC1CCCCC1.O=P(O)(O)OC[C@H](O)CF. The normalized spacial score (nSPS) is 21.1. The highest BCUT2D eigenvalue weighted by atomic mass is 31.2. The van der Waals surface area contributed by atoms with Crippen LogP contribution in [0.3, 0.4) is 0 Å². The first-order valence-electron chi connectivity index (χ1n) is 8.70. The first-order valence-corrected chi connectivity index (χ1v) is 10.2. The number of hydrogen-bond donors (Lipinski definition) is 5. The Balaban J connectivity index is 0.000000337. The second-order valence-corrected chi connectivity index (χ2v) is 7.63. The van der Waals surface area contributed by atoms with Crippen LogP contribution in [0.15, 0.2) is 0 Å². The minimum absolute atomic E-state index is 0.536. The zero-order valence-electron chi connectivity index (χ0n) is 14.4. The Hall–Kier alpha value is -0.0800. The van der Waals surface area contributed by atoms with E-state index >= 15 is 0 Å². The quantitative estimate of drug-likeness (QED) is 0.475. The van der Waals surface area contributed by atoms with E-state index in [-0.39, 0.29) is 0 Å². The monoisotopic (exact) mass is 372 g/mol. The van der Waals surface area contributed by atoms with Crippen molar-refractivity contribution in [2.75, 3.05) is 13.3 Å². The zero-order valence-corrected chi connectivity index (χ0v) is 15.2. The number of rotatable bonds is 4. The number of phosphoric acid groups is 1. The molecular formula is C15H34FN2O5P. The van der Waals surface area contributed by atoms with Crippen LogP contribution in [0.4, 0.5) is 4.39 Å². The third kappa shape index (κ3) is 16.8. The van der Waals surface area contributed by atoms with E-state index in [4.69, 9.17) is 26.4 Å². The van der Waals surface area contributed by atoms with E-state index < -0.39 is 27.2 Å². The zero-order chi connectivity index (χ0) is 18.4. The molecule has 0 aromatic rings. The fourth-order valence-electron chi connectivity index (χ4n) is 2.50. The van der Waals surface area contributed by atoms with Crippen molar-refractivity contribution in [1.82, 2.24) is 0 Å². The largest absolute Gasteiger partial charge is 0.469 e. The molecule has 0 aromatic carbocycles. The van der Waals surface area contributed by atoms with E-state index in [0.29, 0.717) is 12.1 Å². The van der Waals surface area contributed by atoms with Gasteiger partial charge in [-0.05, 0) is 25.7 Å². The van der Waals surface area contributed by atoms with Gasteiger partial charge < -0.3 is 26.4 Å². The maximum atomic E-state index is 11.4. The summed E-state index contributed by atoms with van der Waals surface area (Å²) in [5.74, 6) is 0. The summed E-state index contributed by atoms with van der Waals surface area (Å²) in [5.41, 5.74) is 11.3. The van der Waals surface area contributed by atoms with Gasteiger partial charge in [-0.2, -0.15) is 0 Å². The van der Waals surface area contributed by atoms with Crippen LogP contribution in [0.25, 0.3) is 0 Å². The molecule has 0 aromatic heterocycles. The van der Waals surface area contributed by atoms with Crippen molar-refractivity contribution < 1.29 is 28.4 Å². The number of halogens is 1. The third-order valence-corrected chi connectivity index (χ3v) is 4.40. The summed E-state index contributed by atoms with van der Waals surface area (Å²) in [7, 11) is -4.56. The van der Waals surface area contributed by atoms with Gasteiger partial charge >= 0.3 is 7.82 Å². The van der Waals surface area contributed by atoms with Crippen molar-refractivity contribution in [3.63, 3.8) is 0 Å². The van der Waals surface area contributed by atoms with Gasteiger partial charge in [-0.1, -0.05) is 38.5 Å². The van der Waals surface area contributed by atoms with Crippen LogP contribution in [0.1, 0.15) is 64.2 Å². The Bertz CT molecular complexity index is 318. The molecule has 1 atom stereocenters. The number of nitrogens with two attached hydrogens (primary N) is 2. The Morgan fingerprint density at radius 3 is 1.54 bits per heavy atom. The molecule has 24 heavy (non-hydrogen) atoms. The molecule has 2 fully saturated rings. The molecule has 146 valence electrons. The molecule has 0 unspecified atom stereocenters. The van der Waals surface area contributed by atoms with Crippen LogP contribution in [-0.4, -0.2) is 46.4 Å². The molecule has 7 nitrogen and oxygen atoms in total. The molecule has 2 rings (SSSR count). The Labute approximate surface area is 144 Å². The molecule has 0 amide bonds. The molecule has 2 saturated carbocycles. The molecule has 9 heteroatoms. The standard InChI is InChI=1S/2C6H13N.C3H8FO5P/c2*7-6-4-2-1-3-5-6;4-1-3(5)2-9-10(6,7)8/h2*6H,1-5,7H2;3,5H,1-2H2,(H2,6,7,8)/t;;3-/m..1/s1. The molecule has 0 bridgehead atoms. The number of phosphoric ester groups is 1. The highest BCUT2D eigenvalue weighted by Gasteiger charge is 2.16. The van der Waals surface area contributed by atoms with Crippen molar-refractivity contribution in [3.05, 3.63) is 0 Å². The van der Waals surface area contributed by atoms with E-state index in [9.17, 15) is 8.96 Å². The van der Waals surface area contributed by atoms with Gasteiger partial charge in [0, 0.05) is 12.1 Å². The average molecular weight is 372 g/mol. The molecule has 0 spiro atoms. The maximum Gasteiger partial charge on any atom is 0.469 e. The predicted octanol–water partition coefficient (Wildman–Crippen LogP) is 1.98. The first-order chi connectivity index (χ1) is 11.2. The predicted molar refractivity (Wildman–Crippen MR) is 92.1 cm³/mol. The third-order valence-electron chi connectivity index (χ3n) is 3.91. The fourth-order valence-corrected chi connectivity index (χ4v) is 2.86. The number of aliphatic hydroxyl groups is 1. The van der Waals surface area contributed by atoms with Crippen molar-refractivity contribution in [2.24, 2.45) is 11.5 Å². The van der Waals surface area contributed by atoms with Gasteiger partial charge in [0.1, 0.15) is 12.8 Å². The van der Waals surface area contributed by atoms with Gasteiger partial charge in [0.2, 0.25) is 0 Å². The number of alkyl halides is 1. The van der Waals surface area contributed by atoms with E-state index in [1.54, 1.807) is 0 Å². The van der Waals surface area contributed by atoms with Crippen molar-refractivity contribution >= 4 is 7.82 Å². The van der Waals surface area contributed by atoms with Crippen molar-refractivity contribution in [1.29, 1.82) is 0 Å². The highest BCUT2D eigenvalue weighted by molar-refractivity contribution is 7.46. The summed E-state index contributed by atoms with van der Waals surface area (Å²) < 4.78 is 25.0. The summed E-state index contributed by atoms with van der Waals surface area (Å²) in [5, 5.41) is 8.38. The summed E-state index contributed by atoms with van der Waals surface area (Å²) >= 11 is 0.